The molecule has 0 amide bonds. The Kier molecular flexibility index (Phi) is 5.54. The van der Waals surface area contributed by atoms with Gasteiger partial charge in [-0.1, -0.05) is 24.3 Å². The van der Waals surface area contributed by atoms with Crippen molar-refractivity contribution in [3.05, 3.63) is 126 Å². The van der Waals surface area contributed by atoms with E-state index >= 15 is 0 Å². The predicted molar refractivity (Wildman–Crippen MR) is 156 cm³/mol. The van der Waals surface area contributed by atoms with Crippen molar-refractivity contribution < 1.29 is 28.8 Å². The summed E-state index contributed by atoms with van der Waals surface area (Å²) in [6.07, 6.45) is 0. The monoisotopic (exact) mass is 592 g/mol. The van der Waals surface area contributed by atoms with E-state index in [0.717, 1.165) is 12.1 Å². The number of hydrogen-bond acceptors (Lipinski definition) is 8. The third kappa shape index (κ3) is 3.71. The lowest BCUT2D eigenvalue weighted by molar-refractivity contribution is -0.591. The van der Waals surface area contributed by atoms with Crippen molar-refractivity contribution in [2.24, 2.45) is 0 Å². The maximum atomic E-state index is 12.6. The number of aromatic nitrogens is 6. The molecule has 44 heavy (non-hydrogen) atoms. The van der Waals surface area contributed by atoms with Gasteiger partial charge < -0.3 is 20.8 Å². The molecule has 0 fully saturated rings. The fourth-order valence-electron chi connectivity index (χ4n) is 5.33. The Bertz CT molecular complexity index is 2520. The molecule has 16 heteroatoms. The molecule has 0 aliphatic rings. The summed E-state index contributed by atoms with van der Waals surface area (Å²) < 4.78 is 2.29. The normalized spacial score (nSPS) is 11.5. The van der Waals surface area contributed by atoms with Gasteiger partial charge in [-0.15, -0.1) is 0 Å². The van der Waals surface area contributed by atoms with E-state index in [2.05, 4.69) is 9.97 Å². The fraction of sp³-hybridized carbons (Fsp3) is 0. The molecule has 0 saturated heterocycles. The topological polar surface area (TPSA) is 226 Å². The first kappa shape index (κ1) is 26.1. The highest BCUT2D eigenvalue weighted by molar-refractivity contribution is 6.02. The maximum Gasteiger partial charge on any atom is 0.358 e. The number of nitrogens with zero attached hydrogens (tertiary/aromatic N) is 6. The summed E-state index contributed by atoms with van der Waals surface area (Å²) in [7, 11) is 0. The van der Waals surface area contributed by atoms with E-state index in [0.29, 0.717) is 40.7 Å². The van der Waals surface area contributed by atoms with Crippen molar-refractivity contribution in [3.63, 3.8) is 0 Å². The Morgan fingerprint density at radius 2 is 0.886 bits per heavy atom. The van der Waals surface area contributed by atoms with Gasteiger partial charge in [-0.25, -0.2) is 19.4 Å². The summed E-state index contributed by atoms with van der Waals surface area (Å²) in [5, 5.41) is 73.1. The van der Waals surface area contributed by atoms with Gasteiger partial charge in [-0.3, -0.25) is 20.2 Å². The molecular formula is C28H16N8O8. The Morgan fingerprint density at radius 3 is 1.36 bits per heavy atom. The minimum absolute atomic E-state index is 0.0403. The SMILES string of the molecule is O=[N+]([O-])c1ccc2c(c1)[n+]([O-])c1[nH]c3ccccc3c1[n+]2[O-].O=[N+]([O-])c1ccc2c(c1)[n+]([O-])c1c3ccccc3[nH]c1[n+]2[O-]. The molecule has 8 rings (SSSR count). The summed E-state index contributed by atoms with van der Waals surface area (Å²) in [4.78, 5) is 26.3. The number of rotatable bonds is 2. The minimum Gasteiger partial charge on any atom is -0.710 e. The molecule has 0 aliphatic carbocycles. The summed E-state index contributed by atoms with van der Waals surface area (Å²) in [6, 6.07) is 21.2. The van der Waals surface area contributed by atoms with E-state index < -0.39 is 9.85 Å². The molecule has 4 aromatic heterocycles. The van der Waals surface area contributed by atoms with Crippen LogP contribution in [0, 0.1) is 41.1 Å². The highest BCUT2D eigenvalue weighted by Gasteiger charge is 2.27. The maximum absolute atomic E-state index is 12.6. The molecule has 4 heterocycles. The van der Waals surface area contributed by atoms with E-state index in [9.17, 15) is 41.1 Å². The second kappa shape index (κ2) is 9.35. The quantitative estimate of drug-likeness (QED) is 0.131. The van der Waals surface area contributed by atoms with E-state index in [1.54, 1.807) is 48.5 Å². The molecule has 0 saturated carbocycles. The molecule has 0 spiro atoms. The Morgan fingerprint density at radius 1 is 0.500 bits per heavy atom. The van der Waals surface area contributed by atoms with Crippen molar-refractivity contribution in [2.45, 2.75) is 0 Å². The lowest BCUT2D eigenvalue weighted by atomic mass is 10.2. The van der Waals surface area contributed by atoms with Gasteiger partial charge in [-0.05, 0) is 30.3 Å². The van der Waals surface area contributed by atoms with Crippen molar-refractivity contribution >= 4 is 77.6 Å². The first-order valence-corrected chi connectivity index (χ1v) is 12.8. The smallest absolute Gasteiger partial charge is 0.358 e. The van der Waals surface area contributed by atoms with Gasteiger partial charge in [0.05, 0.1) is 22.0 Å². The molecule has 0 bridgehead atoms. The van der Waals surface area contributed by atoms with Crippen LogP contribution in [0.2, 0.25) is 0 Å². The number of nitro benzene ring substituents is 2. The van der Waals surface area contributed by atoms with Crippen LogP contribution in [0.5, 0.6) is 0 Å². The largest absolute Gasteiger partial charge is 0.710 e. The third-order valence-corrected chi connectivity index (χ3v) is 7.35. The van der Waals surface area contributed by atoms with Crippen molar-refractivity contribution in [3.8, 4) is 0 Å². The number of fused-ring (bicyclic) bond motifs is 8. The second-order valence-electron chi connectivity index (χ2n) is 9.77. The number of nitro groups is 2. The zero-order chi connectivity index (χ0) is 30.9. The third-order valence-electron chi connectivity index (χ3n) is 7.35. The van der Waals surface area contributed by atoms with Gasteiger partial charge in [0.15, 0.2) is 0 Å². The van der Waals surface area contributed by atoms with Crippen molar-refractivity contribution in [1.82, 2.24) is 9.97 Å². The number of aromatic amines is 2. The average molecular weight is 592 g/mol. The molecule has 0 aliphatic heterocycles. The first-order valence-electron chi connectivity index (χ1n) is 12.8. The van der Waals surface area contributed by atoms with E-state index in [1.807, 2.05) is 0 Å². The Hall–Kier alpha value is -6.84. The lowest BCUT2D eigenvalue weighted by Crippen LogP contribution is -2.39. The molecule has 0 radical (unpaired) electrons. The number of benzene rings is 4. The molecule has 16 nitrogen and oxygen atoms in total. The van der Waals surface area contributed by atoms with Crippen LogP contribution >= 0.6 is 0 Å². The molecule has 0 unspecified atom stereocenters. The van der Waals surface area contributed by atoms with E-state index in [1.165, 1.54) is 24.3 Å². The summed E-state index contributed by atoms with van der Waals surface area (Å²) in [6.45, 7) is 0. The standard InChI is InChI=1S/2C14H8N4O4/c19-16-12-7-8(18(21)22)5-6-11(12)17(20)14-13(16)9-3-1-2-4-10(9)15-14;19-16-11-6-5-8(18(21)22)7-12(11)17(20)14-13(16)9-3-1-2-4-10(9)15-14/h2*1-7,15H. The molecule has 8 aromatic rings. The zero-order valence-electron chi connectivity index (χ0n) is 22.0. The molecular weight excluding hydrogens is 576 g/mol. The van der Waals surface area contributed by atoms with Gasteiger partial charge >= 0.3 is 22.3 Å². The van der Waals surface area contributed by atoms with Crippen LogP contribution in [-0.4, -0.2) is 19.8 Å². The van der Waals surface area contributed by atoms with Gasteiger partial charge in [0.1, 0.15) is 21.8 Å². The number of H-pyrrole nitrogens is 2. The van der Waals surface area contributed by atoms with Crippen LogP contribution in [0.3, 0.4) is 0 Å². The van der Waals surface area contributed by atoms with Crippen LogP contribution in [0.4, 0.5) is 11.4 Å². The summed E-state index contributed by atoms with van der Waals surface area (Å²) >= 11 is 0. The Balaban J connectivity index is 0.000000142. The van der Waals surface area contributed by atoms with E-state index in [4.69, 9.17) is 0 Å². The number of nitrogens with one attached hydrogen (secondary N) is 2. The summed E-state index contributed by atoms with van der Waals surface area (Å²) in [5.41, 5.74) is 1.45. The van der Waals surface area contributed by atoms with E-state index in [-0.39, 0.29) is 55.8 Å². The Labute approximate surface area is 242 Å². The highest BCUT2D eigenvalue weighted by atomic mass is 16.6. The minimum atomic E-state index is -0.607. The molecule has 4 aromatic carbocycles. The lowest BCUT2D eigenvalue weighted by Gasteiger charge is -2.08. The molecule has 2 N–H and O–H groups in total. The van der Waals surface area contributed by atoms with Gasteiger partial charge in [0.2, 0.25) is 11.0 Å². The fourth-order valence-corrected chi connectivity index (χ4v) is 5.33. The number of hydrogen-bond donors (Lipinski definition) is 2. The average Bonchev–Trinajstić information content (AvgIpc) is 3.62. The summed E-state index contributed by atoms with van der Waals surface area (Å²) in [5.74, 6) is 0. The van der Waals surface area contributed by atoms with Gasteiger partial charge in [0, 0.05) is 18.2 Å². The van der Waals surface area contributed by atoms with Gasteiger partial charge in [0.25, 0.3) is 22.4 Å². The second-order valence-corrected chi connectivity index (χ2v) is 9.77. The van der Waals surface area contributed by atoms with Crippen LogP contribution in [0.15, 0.2) is 84.9 Å². The highest BCUT2D eigenvalue weighted by Crippen LogP contribution is 2.25. The number of para-hydroxylation sites is 2. The van der Waals surface area contributed by atoms with Crippen LogP contribution in [-0.2, 0) is 0 Å². The first-order chi connectivity index (χ1) is 21.2. The van der Waals surface area contributed by atoms with Crippen molar-refractivity contribution in [2.75, 3.05) is 0 Å². The van der Waals surface area contributed by atoms with Gasteiger partial charge in [-0.2, -0.15) is 9.46 Å². The molecule has 216 valence electrons. The van der Waals surface area contributed by atoms with Crippen LogP contribution in [0.25, 0.3) is 66.2 Å². The van der Waals surface area contributed by atoms with Crippen LogP contribution < -0.4 is 18.9 Å². The number of non-ortho nitro benzene ring substituents is 2. The van der Waals surface area contributed by atoms with Crippen LogP contribution in [0.1, 0.15) is 0 Å². The predicted octanol–water partition coefficient (Wildman–Crippen LogP) is 3.30. The zero-order valence-corrected chi connectivity index (χ0v) is 22.0. The molecule has 0 atom stereocenters. The van der Waals surface area contributed by atoms with Crippen molar-refractivity contribution in [1.29, 1.82) is 0 Å².